The van der Waals surface area contributed by atoms with Crippen molar-refractivity contribution in [2.75, 3.05) is 13.1 Å². The van der Waals surface area contributed by atoms with Crippen molar-refractivity contribution in [2.45, 2.75) is 46.6 Å². The van der Waals surface area contributed by atoms with Crippen molar-refractivity contribution in [3.8, 4) is 0 Å². The van der Waals surface area contributed by atoms with Crippen molar-refractivity contribution >= 4 is 23.2 Å². The lowest BCUT2D eigenvalue weighted by atomic mass is 9.85. The number of rotatable bonds is 4. The molecule has 2 heterocycles. The molecule has 1 N–H and O–H groups in total. The number of likely N-dealkylation sites (tertiary alicyclic amines) is 1. The van der Waals surface area contributed by atoms with Gasteiger partial charge >= 0.3 is 0 Å². The Balaban J connectivity index is 1.68. The predicted molar refractivity (Wildman–Crippen MR) is 114 cm³/mol. The van der Waals surface area contributed by atoms with Gasteiger partial charge < -0.3 is 10.2 Å². The van der Waals surface area contributed by atoms with Gasteiger partial charge in [0.15, 0.2) is 0 Å². The minimum Gasteiger partial charge on any atom is -0.348 e. The Labute approximate surface area is 172 Å². The molecular weight excluding hydrogens is 368 g/mol. The average molecular weight is 399 g/mol. The van der Waals surface area contributed by atoms with Gasteiger partial charge in [0.1, 0.15) is 0 Å². The Bertz CT molecular complexity index is 806. The number of carbonyl (C=O) groups excluding carboxylic acids is 2. The Hall–Kier alpha value is -2.14. The largest absolute Gasteiger partial charge is 0.348 e. The number of piperidine rings is 1. The molecule has 1 saturated heterocycles. The van der Waals surface area contributed by atoms with Crippen LogP contribution in [0.5, 0.6) is 0 Å². The summed E-state index contributed by atoms with van der Waals surface area (Å²) in [5.41, 5.74) is 1.75. The summed E-state index contributed by atoms with van der Waals surface area (Å²) in [5, 5.41) is 5.31. The lowest BCUT2D eigenvalue weighted by Crippen LogP contribution is -2.47. The molecule has 0 saturated carbocycles. The fourth-order valence-electron chi connectivity index (χ4n) is 3.68. The first-order chi connectivity index (χ1) is 13.3. The van der Waals surface area contributed by atoms with Crippen LogP contribution in [-0.2, 0) is 4.79 Å². The molecule has 1 aliphatic rings. The third kappa shape index (κ3) is 4.82. The number of nitrogens with zero attached hydrogens (tertiary/aromatic N) is 1. The summed E-state index contributed by atoms with van der Waals surface area (Å²) in [5.74, 6) is -0.0918. The van der Waals surface area contributed by atoms with Crippen molar-refractivity contribution in [1.29, 1.82) is 0 Å². The minimum atomic E-state index is -0.159. The fraction of sp³-hybridized carbons (Fsp3) is 0.478. The van der Waals surface area contributed by atoms with E-state index in [9.17, 15) is 9.59 Å². The molecule has 2 atom stereocenters. The summed E-state index contributed by atoms with van der Waals surface area (Å²) in [4.78, 5) is 28.9. The van der Waals surface area contributed by atoms with Crippen LogP contribution in [-0.4, -0.2) is 29.8 Å². The summed E-state index contributed by atoms with van der Waals surface area (Å²) in [6, 6.07) is 11.7. The molecule has 150 valence electrons. The number of hydrogen-bond acceptors (Lipinski definition) is 3. The Morgan fingerprint density at radius 1 is 1.18 bits per heavy atom. The van der Waals surface area contributed by atoms with Crippen molar-refractivity contribution in [1.82, 2.24) is 10.2 Å². The lowest BCUT2D eigenvalue weighted by molar-refractivity contribution is -0.127. The highest BCUT2D eigenvalue weighted by Gasteiger charge is 2.33. The van der Waals surface area contributed by atoms with Crippen molar-refractivity contribution in [3.05, 3.63) is 57.8 Å². The topological polar surface area (TPSA) is 49.4 Å². The van der Waals surface area contributed by atoms with Crippen LogP contribution in [0, 0.1) is 18.3 Å². The molecule has 3 rings (SSSR count). The molecule has 5 heteroatoms. The van der Waals surface area contributed by atoms with E-state index >= 15 is 0 Å². The SMILES string of the molecule is Cc1ccc(C(=O)N2CCCC(C(=O)NC(c3cccs3)C(C)(C)C)C2)cc1. The molecular formula is C23H30N2O2S. The van der Waals surface area contributed by atoms with E-state index in [0.29, 0.717) is 18.7 Å². The number of hydrogen-bond donors (Lipinski definition) is 1. The van der Waals surface area contributed by atoms with E-state index in [1.165, 1.54) is 4.88 Å². The van der Waals surface area contributed by atoms with E-state index in [1.807, 2.05) is 47.5 Å². The van der Waals surface area contributed by atoms with Crippen molar-refractivity contribution in [2.24, 2.45) is 11.3 Å². The normalized spacial score (nSPS) is 18.6. The maximum absolute atomic E-state index is 13.1. The highest BCUT2D eigenvalue weighted by molar-refractivity contribution is 7.10. The average Bonchev–Trinajstić information content (AvgIpc) is 3.19. The molecule has 2 unspecified atom stereocenters. The molecule has 2 amide bonds. The minimum absolute atomic E-state index is 0.0168. The van der Waals surface area contributed by atoms with Crippen LogP contribution in [0.4, 0.5) is 0 Å². The van der Waals surface area contributed by atoms with E-state index in [2.05, 4.69) is 32.2 Å². The van der Waals surface area contributed by atoms with Gasteiger partial charge in [-0.1, -0.05) is 44.5 Å². The van der Waals surface area contributed by atoms with E-state index in [-0.39, 0.29) is 29.2 Å². The molecule has 0 spiro atoms. The monoisotopic (exact) mass is 398 g/mol. The van der Waals surface area contributed by atoms with E-state index in [1.54, 1.807) is 11.3 Å². The second-order valence-electron chi connectivity index (χ2n) is 8.78. The second kappa shape index (κ2) is 8.48. The number of benzene rings is 1. The van der Waals surface area contributed by atoms with Gasteiger partial charge in [-0.05, 0) is 48.8 Å². The number of carbonyl (C=O) groups is 2. The first kappa shape index (κ1) is 20.6. The summed E-state index contributed by atoms with van der Waals surface area (Å²) >= 11 is 1.67. The highest BCUT2D eigenvalue weighted by atomic mass is 32.1. The lowest BCUT2D eigenvalue weighted by Gasteiger charge is -2.35. The Morgan fingerprint density at radius 2 is 1.89 bits per heavy atom. The van der Waals surface area contributed by atoms with Crippen molar-refractivity contribution in [3.63, 3.8) is 0 Å². The van der Waals surface area contributed by atoms with Crippen molar-refractivity contribution < 1.29 is 9.59 Å². The van der Waals surface area contributed by atoms with Crippen LogP contribution in [0.15, 0.2) is 41.8 Å². The molecule has 1 aromatic carbocycles. The molecule has 0 aliphatic carbocycles. The molecule has 4 nitrogen and oxygen atoms in total. The summed E-state index contributed by atoms with van der Waals surface area (Å²) in [6.07, 6.45) is 1.68. The van der Waals surface area contributed by atoms with Gasteiger partial charge in [-0.2, -0.15) is 0 Å². The van der Waals surface area contributed by atoms with Crippen LogP contribution >= 0.6 is 11.3 Å². The number of amides is 2. The summed E-state index contributed by atoms with van der Waals surface area (Å²) < 4.78 is 0. The Morgan fingerprint density at radius 3 is 2.50 bits per heavy atom. The standard InChI is InChI=1S/C23H30N2O2S/c1-16-9-11-17(12-10-16)22(27)25-13-5-7-18(15-25)21(26)24-20(23(2,3)4)19-8-6-14-28-19/h6,8-12,14,18,20H,5,7,13,15H2,1-4H3,(H,24,26). The van der Waals surface area contributed by atoms with E-state index < -0.39 is 0 Å². The third-order valence-electron chi connectivity index (χ3n) is 5.36. The van der Waals surface area contributed by atoms with E-state index in [0.717, 1.165) is 18.4 Å². The molecule has 0 bridgehead atoms. The first-order valence-corrected chi connectivity index (χ1v) is 10.8. The maximum Gasteiger partial charge on any atom is 0.253 e. The maximum atomic E-state index is 13.1. The van der Waals surface area contributed by atoms with E-state index in [4.69, 9.17) is 0 Å². The smallest absolute Gasteiger partial charge is 0.253 e. The second-order valence-corrected chi connectivity index (χ2v) is 9.76. The van der Waals surface area contributed by atoms with Gasteiger partial charge in [0, 0.05) is 23.5 Å². The van der Waals surface area contributed by atoms with Crippen LogP contribution in [0.25, 0.3) is 0 Å². The molecule has 1 aliphatic heterocycles. The molecule has 1 aromatic heterocycles. The van der Waals surface area contributed by atoms with Gasteiger partial charge in [0.05, 0.1) is 12.0 Å². The Kier molecular flexibility index (Phi) is 6.23. The van der Waals surface area contributed by atoms with Crippen LogP contribution < -0.4 is 5.32 Å². The number of nitrogens with one attached hydrogen (secondary N) is 1. The summed E-state index contributed by atoms with van der Waals surface area (Å²) in [7, 11) is 0. The number of thiophene rings is 1. The fourth-order valence-corrected chi connectivity index (χ4v) is 4.70. The number of aryl methyl sites for hydroxylation is 1. The molecule has 1 fully saturated rings. The zero-order chi connectivity index (χ0) is 20.3. The molecule has 28 heavy (non-hydrogen) atoms. The molecule has 2 aromatic rings. The third-order valence-corrected chi connectivity index (χ3v) is 6.30. The quantitative estimate of drug-likeness (QED) is 0.803. The summed E-state index contributed by atoms with van der Waals surface area (Å²) in [6.45, 7) is 9.64. The van der Waals surface area contributed by atoms with Crippen LogP contribution in [0.2, 0.25) is 0 Å². The van der Waals surface area contributed by atoms with Gasteiger partial charge in [-0.25, -0.2) is 0 Å². The van der Waals surface area contributed by atoms with Crippen LogP contribution in [0.1, 0.15) is 60.5 Å². The van der Waals surface area contributed by atoms with Gasteiger partial charge in [0.25, 0.3) is 5.91 Å². The molecule has 0 radical (unpaired) electrons. The first-order valence-electron chi connectivity index (χ1n) is 9.95. The van der Waals surface area contributed by atoms with Crippen LogP contribution in [0.3, 0.4) is 0 Å². The highest BCUT2D eigenvalue weighted by Crippen LogP contribution is 2.35. The zero-order valence-electron chi connectivity index (χ0n) is 17.2. The van der Waals surface area contributed by atoms with Gasteiger partial charge in [0.2, 0.25) is 5.91 Å². The van der Waals surface area contributed by atoms with Gasteiger partial charge in [-0.3, -0.25) is 9.59 Å². The zero-order valence-corrected chi connectivity index (χ0v) is 18.0. The van der Waals surface area contributed by atoms with Gasteiger partial charge in [-0.15, -0.1) is 11.3 Å². The predicted octanol–water partition coefficient (Wildman–Crippen LogP) is 4.81.